The van der Waals surface area contributed by atoms with Crippen molar-refractivity contribution in [2.45, 2.75) is 461 Å². The highest BCUT2D eigenvalue weighted by Gasteiger charge is 2.59. The minimum Gasteiger partial charge on any atom is -0.468 e. The van der Waals surface area contributed by atoms with E-state index < -0.39 is 124 Å². The second-order valence-electron chi connectivity index (χ2n) is 44.1. The van der Waals surface area contributed by atoms with Gasteiger partial charge in [-0.3, -0.25) is 43.5 Å². The van der Waals surface area contributed by atoms with Gasteiger partial charge in [0.05, 0.1) is 143 Å². The Morgan fingerprint density at radius 3 is 1.01 bits per heavy atom. The molecule has 4 aliphatic rings. The summed E-state index contributed by atoms with van der Waals surface area (Å²) in [5.41, 5.74) is -13.2. The first kappa shape index (κ1) is 124. The van der Waals surface area contributed by atoms with E-state index in [1.165, 1.54) is 61.5 Å². The van der Waals surface area contributed by atoms with Crippen molar-refractivity contribution in [2.24, 2.45) is 38.4 Å². The first-order valence-corrected chi connectivity index (χ1v) is 46.6. The Morgan fingerprint density at radius 2 is 0.679 bits per heavy atom. The van der Waals surface area contributed by atoms with Gasteiger partial charge in [-0.1, -0.05) is 113 Å². The van der Waals surface area contributed by atoms with Crippen molar-refractivity contribution in [3.8, 4) is 85.0 Å². The third-order valence-corrected chi connectivity index (χ3v) is 24.4. The molecule has 0 amide bonds. The van der Waals surface area contributed by atoms with Crippen LogP contribution in [0.2, 0.25) is 0 Å². The lowest BCUT2D eigenvalue weighted by Gasteiger charge is -2.54. The number of carbonyl (C=O) groups excluding carboxylic acids is 2. The highest BCUT2D eigenvalue weighted by atomic mass is 16.7. The molecule has 0 aliphatic heterocycles. The highest BCUT2D eigenvalue weighted by molar-refractivity contribution is 5.78. The minimum atomic E-state index is -1.26. The van der Waals surface area contributed by atoms with Crippen LogP contribution in [0.3, 0.4) is 0 Å². The molecule has 0 bridgehead atoms. The van der Waals surface area contributed by atoms with Crippen molar-refractivity contribution in [3.63, 3.8) is 0 Å². The molecule has 6 atom stereocenters. The van der Waals surface area contributed by atoms with Crippen molar-refractivity contribution in [2.75, 3.05) is 14.2 Å². The average Bonchev–Trinajstić information content (AvgIpc) is 0.752. The molecule has 5 rings (SSSR count). The molecule has 0 N–H and O–H groups in total. The zero-order valence-corrected chi connectivity index (χ0v) is 87.7. The lowest BCUT2D eigenvalue weighted by atomic mass is 9.67. The smallest absolute Gasteiger partial charge is 0.327 e. The number of nitrogens with zero attached hydrogens (tertiary/aromatic N) is 21. The molecule has 31 nitrogen and oxygen atoms in total. The zero-order valence-electron chi connectivity index (χ0n) is 87.7. The number of hydrogen-bond acceptors (Lipinski definition) is 30. The van der Waals surface area contributed by atoms with Crippen LogP contribution in [0.4, 0.5) is 0 Å². The van der Waals surface area contributed by atoms with E-state index in [2.05, 4.69) is 92.4 Å². The molecule has 4 saturated carbocycles. The molecule has 0 aromatic heterocycles. The van der Waals surface area contributed by atoms with E-state index in [1.54, 1.807) is 144 Å². The number of hydroxylamine groups is 12. The van der Waals surface area contributed by atoms with E-state index in [0.29, 0.717) is 12.8 Å². The molecule has 4 aliphatic carbocycles. The molecule has 6 unspecified atom stereocenters. The summed E-state index contributed by atoms with van der Waals surface area (Å²) < 4.78 is 9.74. The van der Waals surface area contributed by atoms with E-state index in [9.17, 15) is 72.7 Å². The minimum absolute atomic E-state index is 0.0867. The van der Waals surface area contributed by atoms with Gasteiger partial charge >= 0.3 is 17.6 Å². The van der Waals surface area contributed by atoms with Gasteiger partial charge in [-0.15, -0.1) is 0 Å². The standard InChI is InChI=1S/C21H29N3O.C19H33N3O.C18H26N4O3.C16H24N4O.C15H25N3O3.C14H22N4O/c1-20(2,15-22)19(17-11-7-5-8-12-17)24(25-21(3,4)16-23)18-13-9-6-10-14-18;1-15(2)19(7,17(3,4)13-20)22(23-18(5,6)14-21)16-11-9-8-10-12-16;1-16(2,12-19)14(15(23)24-6)22(25-17(3,4)13-20)18(21-5)10-8-7-9-11-18;1-15(2,11-18)14(10-17)20(21-16(3,4)12-19)13-8-6-5-7-9-13;1-13(2,3)18(21-15(6,7)10-17)11(12(19)20-8)14(4,5)9-16;1-12(2,3)18(19-14(6,7)10-17)11(8-15)13(4,5)9-16/h5,7-8,11-12,18-19H,6,9-10,13-14H2,1-4H3;15-16H,8-12H2,1-7H3;14H,7-11H2,1-4,6H3;13-14H,5-9H2,1-4H3;11H,1-8H3;11H,1-7H3. The van der Waals surface area contributed by atoms with E-state index in [0.717, 1.165) is 89.0 Å². The third kappa shape index (κ3) is 36.3. The summed E-state index contributed by atoms with van der Waals surface area (Å²) in [5.74, 6) is -1.02. The fraction of sp³-hybridized carbons (Fsp3) is 0.777. The van der Waals surface area contributed by atoms with Gasteiger partial charge in [0.2, 0.25) is 0 Å². The highest BCUT2D eigenvalue weighted by Crippen LogP contribution is 2.49. The van der Waals surface area contributed by atoms with Crippen LogP contribution in [-0.2, 0) is 48.1 Å². The van der Waals surface area contributed by atoms with Gasteiger partial charge in [0.25, 0.3) is 0 Å². The number of ether oxygens (including phenoxy) is 2. The predicted molar refractivity (Wildman–Crippen MR) is 507 cm³/mol. The maximum absolute atomic E-state index is 12.6. The van der Waals surface area contributed by atoms with E-state index >= 15 is 0 Å². The Labute approximate surface area is 805 Å². The van der Waals surface area contributed by atoms with Crippen molar-refractivity contribution >= 4 is 11.9 Å². The molecular formula is C103H159N21O10. The van der Waals surface area contributed by atoms with Crippen LogP contribution in [0.15, 0.2) is 30.3 Å². The monoisotopic (exact) mass is 1850 g/mol. The van der Waals surface area contributed by atoms with Crippen LogP contribution in [-0.4, -0.2) is 155 Å². The topological polar surface area (TPSA) is 465 Å². The second kappa shape index (κ2) is 51.8. The summed E-state index contributed by atoms with van der Waals surface area (Å²) in [5, 5.41) is 142. The van der Waals surface area contributed by atoms with Gasteiger partial charge in [-0.2, -0.15) is 99.0 Å². The molecule has 0 radical (unpaired) electrons. The summed E-state index contributed by atoms with van der Waals surface area (Å²) in [6, 6.07) is 37.3. The molecular weight excluding hydrogens is 1690 g/mol. The number of esters is 2. The fourth-order valence-electron chi connectivity index (χ4n) is 15.7. The van der Waals surface area contributed by atoms with E-state index in [1.807, 2.05) is 128 Å². The molecule has 1 aromatic carbocycles. The lowest BCUT2D eigenvalue weighted by Crippen LogP contribution is -2.63. The maximum atomic E-state index is 12.6. The van der Waals surface area contributed by atoms with Crippen molar-refractivity contribution in [3.05, 3.63) is 47.3 Å². The molecule has 4 fully saturated rings. The van der Waals surface area contributed by atoms with E-state index in [4.69, 9.17) is 55.6 Å². The average molecular weight is 1850 g/mol. The number of nitriles is 14. The predicted octanol–water partition coefficient (Wildman–Crippen LogP) is 21.6. The molecule has 134 heavy (non-hydrogen) atoms. The number of carbonyl (C=O) groups is 2. The van der Waals surface area contributed by atoms with Crippen LogP contribution in [0.1, 0.15) is 369 Å². The Hall–Kier alpha value is -9.97. The second-order valence-corrected chi connectivity index (χ2v) is 44.1. The fourth-order valence-corrected chi connectivity index (χ4v) is 15.7. The first-order chi connectivity index (χ1) is 61.4. The summed E-state index contributed by atoms with van der Waals surface area (Å²) in [7, 11) is 2.50. The van der Waals surface area contributed by atoms with Crippen molar-refractivity contribution in [1.82, 2.24) is 30.4 Å². The summed E-state index contributed by atoms with van der Waals surface area (Å²) in [4.78, 5) is 64.3. The Bertz CT molecular complexity index is 4600. The van der Waals surface area contributed by atoms with Gasteiger partial charge in [0.15, 0.2) is 45.7 Å². The van der Waals surface area contributed by atoms with Crippen LogP contribution in [0.5, 0.6) is 0 Å². The van der Waals surface area contributed by atoms with Gasteiger partial charge < -0.3 is 9.47 Å². The molecule has 736 valence electrons. The van der Waals surface area contributed by atoms with Crippen LogP contribution >= 0.6 is 0 Å². The molecule has 0 heterocycles. The Balaban J connectivity index is 0.00000159. The zero-order chi connectivity index (χ0) is 104. The van der Waals surface area contributed by atoms with E-state index in [-0.39, 0.29) is 30.1 Å². The number of rotatable bonds is 32. The molecule has 0 spiro atoms. The van der Waals surface area contributed by atoms with Crippen LogP contribution < -0.4 is 0 Å². The largest absolute Gasteiger partial charge is 0.468 e. The maximum Gasteiger partial charge on any atom is 0.327 e. The molecule has 0 saturated heterocycles. The SMILES string of the molecule is CC(C)(C#N)ON(C(C#N)C(C)(C)C#N)C(C)(C)C.CC(C)(C#N)ON(C1CCCCC1)C(C#N)C(C)(C)C#N.CC(C)(C#N)ON(C1CCCCC1)C(c1ccccc1)C(C)(C)C#N.CC(C)C(C)(N(OC(C)(C)C#N)C1CCCCC1)C(C)(C)C#N.COC(=O)C(N(OC(C)(C)C#N)C(C)(C)C)C(C)(C)C#N.[C-]#[N+]C1(N(OC(C)(C)C#N)C(C(=O)OC)C(C)(C)C#N)CCCCC1. The summed E-state index contributed by atoms with van der Waals surface area (Å²) >= 11 is 0. The summed E-state index contributed by atoms with van der Waals surface area (Å²) in [6.45, 7) is 66.5. The normalized spacial score (nSPS) is 17.4. The van der Waals surface area contributed by atoms with Gasteiger partial charge in [0.1, 0.15) is 12.1 Å². The molecule has 31 heteroatoms. The number of hydrogen-bond donors (Lipinski definition) is 0. The number of methoxy groups -OCH3 is 2. The number of benzene rings is 1. The quantitative estimate of drug-likeness (QED) is 0.0367. The van der Waals surface area contributed by atoms with Crippen molar-refractivity contribution in [1.29, 1.82) is 73.7 Å². The Kier molecular flexibility index (Phi) is 48.0. The Morgan fingerprint density at radius 1 is 0.366 bits per heavy atom. The summed E-state index contributed by atoms with van der Waals surface area (Å²) in [6.07, 6.45) is 20.2. The first-order valence-electron chi connectivity index (χ1n) is 46.6. The van der Waals surface area contributed by atoms with Gasteiger partial charge in [-0.25, -0.2) is 6.57 Å². The third-order valence-electron chi connectivity index (χ3n) is 24.4. The molecule has 1 aromatic rings. The van der Waals surface area contributed by atoms with Crippen molar-refractivity contribution < 1.29 is 48.1 Å². The van der Waals surface area contributed by atoms with Gasteiger partial charge in [0, 0.05) is 42.0 Å². The lowest BCUT2D eigenvalue weighted by molar-refractivity contribution is -0.313. The van der Waals surface area contributed by atoms with Crippen LogP contribution in [0, 0.1) is 204 Å². The van der Waals surface area contributed by atoms with Crippen LogP contribution in [0.25, 0.3) is 4.85 Å². The van der Waals surface area contributed by atoms with Gasteiger partial charge in [-0.05, 0) is 277 Å².